The lowest BCUT2D eigenvalue weighted by Crippen LogP contribution is -2.42. The van der Waals surface area contributed by atoms with Crippen LogP contribution in [0.2, 0.25) is 0 Å². The van der Waals surface area contributed by atoms with Crippen LogP contribution in [0.15, 0.2) is 18.2 Å². The number of nitrogens with one attached hydrogen (secondary N) is 1. The lowest BCUT2D eigenvalue weighted by Gasteiger charge is -2.24. The zero-order chi connectivity index (χ0) is 11.5. The topological polar surface area (TPSA) is 38.3 Å². The Morgan fingerprint density at radius 1 is 1.53 bits per heavy atom. The molecule has 0 aromatic heterocycles. The second-order valence-electron chi connectivity index (χ2n) is 3.80. The van der Waals surface area contributed by atoms with E-state index >= 15 is 0 Å². The molecule has 3 nitrogen and oxygen atoms in total. The quantitative estimate of drug-likeness (QED) is 0.824. The number of fused-ring (bicyclic) bond motifs is 1. The van der Waals surface area contributed by atoms with Gasteiger partial charge in [0.2, 0.25) is 0 Å². The average Bonchev–Trinajstić information content (AvgIpc) is 2.28. The predicted molar refractivity (Wildman–Crippen MR) is 64.6 cm³/mol. The van der Waals surface area contributed by atoms with Crippen LogP contribution in [0.4, 0.5) is 4.39 Å². The molecule has 0 spiro atoms. The molecule has 0 radical (unpaired) electrons. The van der Waals surface area contributed by atoms with Gasteiger partial charge in [0, 0.05) is 6.54 Å². The fourth-order valence-electron chi connectivity index (χ4n) is 1.89. The van der Waals surface area contributed by atoms with Crippen LogP contribution in [0.25, 0.3) is 0 Å². The first-order valence-corrected chi connectivity index (χ1v) is 5.38. The van der Waals surface area contributed by atoms with Crippen molar-refractivity contribution in [3.8, 4) is 0 Å². The van der Waals surface area contributed by atoms with Crippen molar-refractivity contribution < 1.29 is 13.9 Å². The average molecular weight is 260 g/mol. The molecule has 0 amide bonds. The van der Waals surface area contributed by atoms with Crippen molar-refractivity contribution in [1.82, 2.24) is 5.32 Å². The molecule has 1 heterocycles. The monoisotopic (exact) mass is 259 g/mol. The Hall–Kier alpha value is -1.13. The highest BCUT2D eigenvalue weighted by Crippen LogP contribution is 2.18. The molecule has 5 heteroatoms. The van der Waals surface area contributed by atoms with Gasteiger partial charge in [0.05, 0.1) is 6.61 Å². The Balaban J connectivity index is 0.00000144. The number of carbonyl (C=O) groups is 1. The third-order valence-electron chi connectivity index (χ3n) is 2.70. The minimum atomic E-state index is -0.353. The second kappa shape index (κ2) is 5.98. The van der Waals surface area contributed by atoms with Gasteiger partial charge in [0.1, 0.15) is 11.9 Å². The summed E-state index contributed by atoms with van der Waals surface area (Å²) in [7, 11) is 0. The fraction of sp³-hybridized carbons (Fsp3) is 0.417. The van der Waals surface area contributed by atoms with E-state index in [0.29, 0.717) is 19.6 Å². The van der Waals surface area contributed by atoms with Crippen LogP contribution < -0.4 is 5.32 Å². The van der Waals surface area contributed by atoms with E-state index in [1.165, 1.54) is 12.1 Å². The predicted octanol–water partition coefficient (Wildman–Crippen LogP) is 1.82. The van der Waals surface area contributed by atoms with Gasteiger partial charge in [-0.25, -0.2) is 4.39 Å². The first-order chi connectivity index (χ1) is 7.70. The normalized spacial score (nSPS) is 17.9. The van der Waals surface area contributed by atoms with E-state index in [1.807, 2.05) is 0 Å². The van der Waals surface area contributed by atoms with Crippen molar-refractivity contribution in [1.29, 1.82) is 0 Å². The zero-order valence-corrected chi connectivity index (χ0v) is 10.3. The van der Waals surface area contributed by atoms with Crippen LogP contribution in [-0.4, -0.2) is 18.6 Å². The third kappa shape index (κ3) is 3.17. The van der Waals surface area contributed by atoms with E-state index in [0.717, 1.165) is 11.1 Å². The van der Waals surface area contributed by atoms with Gasteiger partial charge < -0.3 is 10.1 Å². The number of hydrogen-bond acceptors (Lipinski definition) is 3. The van der Waals surface area contributed by atoms with Crippen molar-refractivity contribution in [3.63, 3.8) is 0 Å². The van der Waals surface area contributed by atoms with E-state index in [-0.39, 0.29) is 30.2 Å². The molecule has 1 aliphatic heterocycles. The largest absolute Gasteiger partial charge is 0.465 e. The van der Waals surface area contributed by atoms with Gasteiger partial charge in [0.25, 0.3) is 0 Å². The highest BCUT2D eigenvalue weighted by Gasteiger charge is 2.25. The van der Waals surface area contributed by atoms with E-state index in [9.17, 15) is 9.18 Å². The van der Waals surface area contributed by atoms with Gasteiger partial charge in [0.15, 0.2) is 0 Å². The highest BCUT2D eigenvalue weighted by atomic mass is 35.5. The fourth-order valence-corrected chi connectivity index (χ4v) is 1.89. The van der Waals surface area contributed by atoms with Gasteiger partial charge in [-0.2, -0.15) is 0 Å². The van der Waals surface area contributed by atoms with Gasteiger partial charge in [-0.15, -0.1) is 12.4 Å². The SMILES string of the molecule is CCOC(=O)C1Cc2cc(F)ccc2CN1.Cl. The van der Waals surface area contributed by atoms with E-state index in [4.69, 9.17) is 4.74 Å². The Morgan fingerprint density at radius 2 is 2.29 bits per heavy atom. The Labute approximate surface area is 106 Å². The van der Waals surface area contributed by atoms with Gasteiger partial charge in [-0.3, -0.25) is 4.79 Å². The summed E-state index contributed by atoms with van der Waals surface area (Å²) in [4.78, 5) is 11.5. The molecule has 0 bridgehead atoms. The second-order valence-corrected chi connectivity index (χ2v) is 3.80. The molecule has 1 N–H and O–H groups in total. The molecule has 0 fully saturated rings. The number of ether oxygens (including phenoxy) is 1. The smallest absolute Gasteiger partial charge is 0.323 e. The van der Waals surface area contributed by atoms with Crippen LogP contribution in [0, 0.1) is 5.82 Å². The Kier molecular flexibility index (Phi) is 4.90. The molecule has 17 heavy (non-hydrogen) atoms. The van der Waals surface area contributed by atoms with Gasteiger partial charge in [-0.05, 0) is 36.6 Å². The van der Waals surface area contributed by atoms with E-state index in [1.54, 1.807) is 13.0 Å². The molecular weight excluding hydrogens is 245 g/mol. The summed E-state index contributed by atoms with van der Waals surface area (Å²) in [6.45, 7) is 2.72. The molecule has 1 aromatic rings. The minimum Gasteiger partial charge on any atom is -0.465 e. The van der Waals surface area contributed by atoms with Crippen LogP contribution >= 0.6 is 12.4 Å². The number of carbonyl (C=O) groups excluding carboxylic acids is 1. The number of benzene rings is 1. The summed E-state index contributed by atoms with van der Waals surface area (Å²) >= 11 is 0. The number of halogens is 2. The third-order valence-corrected chi connectivity index (χ3v) is 2.70. The first kappa shape index (κ1) is 13.9. The van der Waals surface area contributed by atoms with E-state index < -0.39 is 0 Å². The molecule has 1 atom stereocenters. The summed E-state index contributed by atoms with van der Waals surface area (Å²) in [5.74, 6) is -0.527. The standard InChI is InChI=1S/C12H14FNO2.ClH/c1-2-16-12(15)11-6-9-5-10(13)4-3-8(9)7-14-11;/h3-5,11,14H,2,6-7H2,1H3;1H. The first-order valence-electron chi connectivity index (χ1n) is 5.38. The summed E-state index contributed by atoms with van der Waals surface area (Å²) in [6, 6.07) is 4.32. The molecule has 94 valence electrons. The Bertz CT molecular complexity index is 411. The van der Waals surface area contributed by atoms with Crippen molar-refractivity contribution in [2.45, 2.75) is 25.9 Å². The molecule has 2 rings (SSSR count). The molecule has 1 aliphatic rings. The lowest BCUT2D eigenvalue weighted by atomic mass is 9.96. The van der Waals surface area contributed by atoms with Crippen molar-refractivity contribution in [3.05, 3.63) is 35.1 Å². The molecule has 1 aromatic carbocycles. The highest BCUT2D eigenvalue weighted by molar-refractivity contribution is 5.85. The van der Waals surface area contributed by atoms with Crippen LogP contribution in [-0.2, 0) is 22.5 Å². The maximum atomic E-state index is 13.0. The molecular formula is C12H15ClFNO2. The zero-order valence-electron chi connectivity index (χ0n) is 9.53. The summed E-state index contributed by atoms with van der Waals surface area (Å²) in [5, 5.41) is 3.08. The van der Waals surface area contributed by atoms with Gasteiger partial charge >= 0.3 is 5.97 Å². The van der Waals surface area contributed by atoms with Crippen molar-refractivity contribution in [2.24, 2.45) is 0 Å². The minimum absolute atomic E-state index is 0. The number of rotatable bonds is 2. The van der Waals surface area contributed by atoms with Crippen LogP contribution in [0.5, 0.6) is 0 Å². The maximum Gasteiger partial charge on any atom is 0.323 e. The number of esters is 1. The van der Waals surface area contributed by atoms with Crippen LogP contribution in [0.3, 0.4) is 0 Å². The summed E-state index contributed by atoms with van der Waals surface area (Å²) < 4.78 is 18.0. The van der Waals surface area contributed by atoms with Crippen molar-refractivity contribution >= 4 is 18.4 Å². The van der Waals surface area contributed by atoms with E-state index in [2.05, 4.69) is 5.32 Å². The molecule has 0 aliphatic carbocycles. The molecule has 0 saturated heterocycles. The Morgan fingerprint density at radius 3 is 3.00 bits per heavy atom. The molecule has 0 saturated carbocycles. The van der Waals surface area contributed by atoms with Crippen LogP contribution in [0.1, 0.15) is 18.1 Å². The number of hydrogen-bond donors (Lipinski definition) is 1. The molecule has 1 unspecified atom stereocenters. The summed E-state index contributed by atoms with van der Waals surface area (Å²) in [5.41, 5.74) is 1.93. The van der Waals surface area contributed by atoms with Crippen molar-refractivity contribution in [2.75, 3.05) is 6.61 Å². The van der Waals surface area contributed by atoms with Gasteiger partial charge in [-0.1, -0.05) is 6.07 Å². The maximum absolute atomic E-state index is 13.0. The summed E-state index contributed by atoms with van der Waals surface area (Å²) in [6.07, 6.45) is 0.492. The lowest BCUT2D eigenvalue weighted by molar-refractivity contribution is -0.145.